The minimum Gasteiger partial charge on any atom is -0.458 e. The first kappa shape index (κ1) is 12.7. The van der Waals surface area contributed by atoms with Crippen LogP contribution in [0.25, 0.3) is 0 Å². The highest BCUT2D eigenvalue weighted by Crippen LogP contribution is 2.11. The van der Waals surface area contributed by atoms with Crippen LogP contribution >= 0.6 is 0 Å². The van der Waals surface area contributed by atoms with Gasteiger partial charge in [0.1, 0.15) is 12.2 Å². The molecule has 0 atom stereocenters. The van der Waals surface area contributed by atoms with Gasteiger partial charge in [0.25, 0.3) is 0 Å². The van der Waals surface area contributed by atoms with Crippen molar-refractivity contribution in [3.05, 3.63) is 72.2 Å². The molecule has 0 unspecified atom stereocenters. The summed E-state index contributed by atoms with van der Waals surface area (Å²) in [6, 6.07) is 11.0. The summed E-state index contributed by atoms with van der Waals surface area (Å²) >= 11 is 0. The molecule has 3 nitrogen and oxygen atoms in total. The first-order chi connectivity index (χ1) is 9.31. The molecule has 19 heavy (non-hydrogen) atoms. The molecule has 3 heteroatoms. The Kier molecular flexibility index (Phi) is 4.20. The number of hydrogen-bond acceptors (Lipinski definition) is 3. The lowest BCUT2D eigenvalue weighted by Gasteiger charge is -1.98. The number of hydrogen-bond donors (Lipinski definition) is 0. The summed E-state index contributed by atoms with van der Waals surface area (Å²) in [5.74, 6) is 5.59. The average molecular weight is 252 g/mol. The molecule has 1 aromatic carbocycles. The predicted octanol–water partition coefficient (Wildman–Crippen LogP) is 3.02. The van der Waals surface area contributed by atoms with Crippen LogP contribution in [0.2, 0.25) is 0 Å². The van der Waals surface area contributed by atoms with Crippen molar-refractivity contribution in [1.29, 1.82) is 0 Å². The third kappa shape index (κ3) is 3.36. The Morgan fingerprint density at radius 1 is 1.26 bits per heavy atom. The Bertz CT molecular complexity index is 627. The molecule has 0 radical (unpaired) electrons. The van der Waals surface area contributed by atoms with Gasteiger partial charge in [-0.3, -0.25) is 0 Å². The summed E-state index contributed by atoms with van der Waals surface area (Å²) in [6.07, 6.45) is 2.92. The molecule has 2 rings (SSSR count). The second-order valence-electron chi connectivity index (χ2n) is 3.67. The van der Waals surface area contributed by atoms with Crippen molar-refractivity contribution in [2.24, 2.45) is 0 Å². The molecule has 0 aliphatic heterocycles. The van der Waals surface area contributed by atoms with Crippen LogP contribution in [-0.2, 0) is 4.74 Å². The van der Waals surface area contributed by atoms with Crippen molar-refractivity contribution in [1.82, 2.24) is 0 Å². The molecule has 1 heterocycles. The summed E-state index contributed by atoms with van der Waals surface area (Å²) in [7, 11) is 0. The molecule has 0 bridgehead atoms. The summed E-state index contributed by atoms with van der Waals surface area (Å²) in [6.45, 7) is 3.65. The molecule has 0 aliphatic carbocycles. The van der Waals surface area contributed by atoms with Gasteiger partial charge in [-0.05, 0) is 24.1 Å². The first-order valence-electron chi connectivity index (χ1n) is 5.74. The standard InChI is InChI=1S/C16H12O3/c1-2-11-19-16(17)14-10-12-18-15(14)9-8-13-6-4-3-5-7-13/h2-7,10,12H,1,11H2. The number of rotatable bonds is 3. The summed E-state index contributed by atoms with van der Waals surface area (Å²) < 4.78 is 10.1. The molecule has 2 aromatic rings. The number of ether oxygens (including phenoxy) is 1. The second-order valence-corrected chi connectivity index (χ2v) is 3.67. The number of carbonyl (C=O) groups excluding carboxylic acids is 1. The van der Waals surface area contributed by atoms with Gasteiger partial charge in [-0.1, -0.05) is 36.8 Å². The van der Waals surface area contributed by atoms with Crippen molar-refractivity contribution in [3.63, 3.8) is 0 Å². The fourth-order valence-corrected chi connectivity index (χ4v) is 1.43. The van der Waals surface area contributed by atoms with Crippen LogP contribution in [0.3, 0.4) is 0 Å². The van der Waals surface area contributed by atoms with Gasteiger partial charge in [0.05, 0.1) is 6.26 Å². The maximum atomic E-state index is 11.7. The molecule has 0 saturated carbocycles. The second kappa shape index (κ2) is 6.27. The van der Waals surface area contributed by atoms with Crippen molar-refractivity contribution < 1.29 is 13.9 Å². The van der Waals surface area contributed by atoms with E-state index in [9.17, 15) is 4.79 Å². The molecule has 0 N–H and O–H groups in total. The highest BCUT2D eigenvalue weighted by Gasteiger charge is 2.13. The largest absolute Gasteiger partial charge is 0.458 e. The fourth-order valence-electron chi connectivity index (χ4n) is 1.43. The summed E-state index contributed by atoms with van der Waals surface area (Å²) in [4.78, 5) is 11.7. The van der Waals surface area contributed by atoms with Crippen molar-refractivity contribution in [3.8, 4) is 11.8 Å². The lowest BCUT2D eigenvalue weighted by molar-refractivity contribution is 0.0548. The molecule has 0 spiro atoms. The van der Waals surface area contributed by atoms with Gasteiger partial charge in [-0.25, -0.2) is 4.79 Å². The van der Waals surface area contributed by atoms with Gasteiger partial charge in [-0.15, -0.1) is 0 Å². The Morgan fingerprint density at radius 3 is 2.79 bits per heavy atom. The lowest BCUT2D eigenvalue weighted by Crippen LogP contribution is -2.05. The summed E-state index contributed by atoms with van der Waals surface area (Å²) in [5.41, 5.74) is 1.18. The molecule has 1 aromatic heterocycles. The topological polar surface area (TPSA) is 39.4 Å². The molecule has 0 aliphatic rings. The zero-order valence-corrected chi connectivity index (χ0v) is 10.3. The van der Waals surface area contributed by atoms with E-state index in [1.165, 1.54) is 12.3 Å². The van der Waals surface area contributed by atoms with E-state index in [4.69, 9.17) is 9.15 Å². The van der Waals surface area contributed by atoms with E-state index >= 15 is 0 Å². The van der Waals surface area contributed by atoms with E-state index in [0.717, 1.165) is 5.56 Å². The number of furan rings is 1. The smallest absolute Gasteiger partial charge is 0.343 e. The molecule has 0 amide bonds. The first-order valence-corrected chi connectivity index (χ1v) is 5.74. The van der Waals surface area contributed by atoms with E-state index in [-0.39, 0.29) is 6.61 Å². The van der Waals surface area contributed by atoms with Crippen LogP contribution in [0.1, 0.15) is 21.7 Å². The van der Waals surface area contributed by atoms with E-state index in [0.29, 0.717) is 11.3 Å². The van der Waals surface area contributed by atoms with Crippen molar-refractivity contribution >= 4 is 5.97 Å². The van der Waals surface area contributed by atoms with E-state index in [1.807, 2.05) is 30.3 Å². The Hall–Kier alpha value is -2.73. The maximum absolute atomic E-state index is 11.7. The van der Waals surface area contributed by atoms with Gasteiger partial charge in [-0.2, -0.15) is 0 Å². The SMILES string of the molecule is C=CCOC(=O)c1ccoc1C#Cc1ccccc1. The third-order valence-corrected chi connectivity index (χ3v) is 2.31. The zero-order valence-electron chi connectivity index (χ0n) is 10.3. The number of benzene rings is 1. The van der Waals surface area contributed by atoms with Crippen LogP contribution in [0.5, 0.6) is 0 Å². The normalized spacial score (nSPS) is 9.26. The summed E-state index contributed by atoms with van der Waals surface area (Å²) in [5, 5.41) is 0. The Labute approximate surface area is 111 Å². The third-order valence-electron chi connectivity index (χ3n) is 2.31. The number of esters is 1. The van der Waals surface area contributed by atoms with Crippen molar-refractivity contribution in [2.75, 3.05) is 6.61 Å². The van der Waals surface area contributed by atoms with Crippen LogP contribution in [-0.4, -0.2) is 12.6 Å². The zero-order chi connectivity index (χ0) is 13.5. The van der Waals surface area contributed by atoms with E-state index < -0.39 is 5.97 Å². The van der Waals surface area contributed by atoms with Gasteiger partial charge < -0.3 is 9.15 Å². The Morgan fingerprint density at radius 2 is 2.05 bits per heavy atom. The monoisotopic (exact) mass is 252 g/mol. The minimum absolute atomic E-state index is 0.162. The van der Waals surface area contributed by atoms with Crippen LogP contribution in [0.15, 0.2) is 59.7 Å². The highest BCUT2D eigenvalue weighted by molar-refractivity contribution is 5.91. The van der Waals surface area contributed by atoms with Gasteiger partial charge in [0.2, 0.25) is 0 Å². The predicted molar refractivity (Wildman–Crippen MR) is 71.6 cm³/mol. The maximum Gasteiger partial charge on any atom is 0.343 e. The number of carbonyl (C=O) groups is 1. The van der Waals surface area contributed by atoms with Gasteiger partial charge in [0.15, 0.2) is 5.76 Å². The average Bonchev–Trinajstić information content (AvgIpc) is 2.92. The molecule has 0 fully saturated rings. The quantitative estimate of drug-likeness (QED) is 0.479. The van der Waals surface area contributed by atoms with Gasteiger partial charge >= 0.3 is 5.97 Å². The van der Waals surface area contributed by atoms with E-state index in [1.54, 1.807) is 6.07 Å². The fraction of sp³-hybridized carbons (Fsp3) is 0.0625. The molecule has 94 valence electrons. The minimum atomic E-state index is -0.467. The van der Waals surface area contributed by atoms with Crippen LogP contribution in [0, 0.1) is 11.8 Å². The highest BCUT2D eigenvalue weighted by atomic mass is 16.5. The molecular weight excluding hydrogens is 240 g/mol. The van der Waals surface area contributed by atoms with Crippen LogP contribution < -0.4 is 0 Å². The molecule has 0 saturated heterocycles. The van der Waals surface area contributed by atoms with Crippen molar-refractivity contribution in [2.45, 2.75) is 0 Å². The van der Waals surface area contributed by atoms with E-state index in [2.05, 4.69) is 18.4 Å². The lowest BCUT2D eigenvalue weighted by atomic mass is 10.2. The Balaban J connectivity index is 2.19. The van der Waals surface area contributed by atoms with Crippen LogP contribution in [0.4, 0.5) is 0 Å². The molecular formula is C16H12O3. The van der Waals surface area contributed by atoms with Gasteiger partial charge in [0, 0.05) is 5.56 Å².